The van der Waals surface area contributed by atoms with Crippen molar-refractivity contribution in [3.63, 3.8) is 0 Å². The van der Waals surface area contributed by atoms with Crippen LogP contribution in [0.3, 0.4) is 0 Å². The van der Waals surface area contributed by atoms with Crippen LogP contribution < -0.4 is 20.5 Å². The maximum absolute atomic E-state index is 12.5. The second-order valence-electron chi connectivity index (χ2n) is 5.79. The summed E-state index contributed by atoms with van der Waals surface area (Å²) < 4.78 is 11.7. The Morgan fingerprint density at radius 2 is 1.75 bits per heavy atom. The van der Waals surface area contributed by atoms with Crippen molar-refractivity contribution in [2.75, 3.05) is 26.3 Å². The number of amides is 1. The molecule has 0 radical (unpaired) electrons. The third-order valence-electron chi connectivity index (χ3n) is 3.64. The van der Waals surface area contributed by atoms with Crippen molar-refractivity contribution < 1.29 is 14.3 Å². The highest BCUT2D eigenvalue weighted by atomic mass is 16.5. The molecular formula is C19H32N2O3. The van der Waals surface area contributed by atoms with Crippen LogP contribution in [0.5, 0.6) is 11.5 Å². The van der Waals surface area contributed by atoms with Crippen molar-refractivity contribution in [2.45, 2.75) is 52.4 Å². The maximum Gasteiger partial charge on any atom is 0.255 e. The van der Waals surface area contributed by atoms with E-state index < -0.39 is 0 Å². The smallest absolute Gasteiger partial charge is 0.255 e. The van der Waals surface area contributed by atoms with Gasteiger partial charge in [0, 0.05) is 6.54 Å². The number of carbonyl (C=O) groups excluding carboxylic acids is 1. The summed E-state index contributed by atoms with van der Waals surface area (Å²) >= 11 is 0. The fraction of sp³-hybridized carbons (Fsp3) is 0.632. The molecule has 0 saturated carbocycles. The molecule has 1 aromatic carbocycles. The summed E-state index contributed by atoms with van der Waals surface area (Å²) in [5.41, 5.74) is 6.01. The minimum Gasteiger partial charge on any atom is -0.490 e. The molecule has 0 aliphatic carbocycles. The summed E-state index contributed by atoms with van der Waals surface area (Å²) in [5.74, 6) is 1.08. The molecule has 0 spiro atoms. The van der Waals surface area contributed by atoms with Crippen molar-refractivity contribution in [3.05, 3.63) is 23.8 Å². The zero-order valence-electron chi connectivity index (χ0n) is 15.1. The number of hydrogen-bond acceptors (Lipinski definition) is 4. The Kier molecular flexibility index (Phi) is 10.7. The SMILES string of the molecule is CCCCOc1cccc(C(=O)NCCCCN)c1OCCCC. The Hall–Kier alpha value is -1.75. The van der Waals surface area contributed by atoms with Gasteiger partial charge in [0.15, 0.2) is 11.5 Å². The molecule has 136 valence electrons. The largest absolute Gasteiger partial charge is 0.490 e. The van der Waals surface area contributed by atoms with Crippen LogP contribution in [0.4, 0.5) is 0 Å². The predicted octanol–water partition coefficient (Wildman–Crippen LogP) is 3.51. The van der Waals surface area contributed by atoms with Crippen LogP contribution in [0.25, 0.3) is 0 Å². The van der Waals surface area contributed by atoms with Crippen LogP contribution in [0.1, 0.15) is 62.7 Å². The molecule has 0 saturated heterocycles. The molecule has 1 amide bonds. The Morgan fingerprint density at radius 3 is 2.42 bits per heavy atom. The van der Waals surface area contributed by atoms with Gasteiger partial charge in [-0.15, -0.1) is 0 Å². The van der Waals surface area contributed by atoms with Gasteiger partial charge in [-0.2, -0.15) is 0 Å². The molecule has 0 unspecified atom stereocenters. The topological polar surface area (TPSA) is 73.6 Å². The third kappa shape index (κ3) is 7.21. The molecule has 0 aliphatic rings. The lowest BCUT2D eigenvalue weighted by molar-refractivity contribution is 0.0947. The van der Waals surface area contributed by atoms with E-state index in [4.69, 9.17) is 15.2 Å². The van der Waals surface area contributed by atoms with Gasteiger partial charge in [-0.25, -0.2) is 0 Å². The van der Waals surface area contributed by atoms with Crippen LogP contribution in [0.2, 0.25) is 0 Å². The molecule has 1 rings (SSSR count). The summed E-state index contributed by atoms with van der Waals surface area (Å²) in [5, 5.41) is 2.93. The maximum atomic E-state index is 12.5. The number of nitrogens with two attached hydrogens (primary N) is 1. The molecule has 0 aliphatic heterocycles. The van der Waals surface area contributed by atoms with E-state index in [0.717, 1.165) is 38.5 Å². The molecule has 1 aromatic rings. The van der Waals surface area contributed by atoms with Crippen molar-refractivity contribution in [2.24, 2.45) is 5.73 Å². The van der Waals surface area contributed by atoms with Gasteiger partial charge in [-0.1, -0.05) is 32.8 Å². The second-order valence-corrected chi connectivity index (χ2v) is 5.79. The molecule has 0 heterocycles. The van der Waals surface area contributed by atoms with Gasteiger partial charge in [-0.3, -0.25) is 4.79 Å². The van der Waals surface area contributed by atoms with E-state index in [1.165, 1.54) is 0 Å². The van der Waals surface area contributed by atoms with E-state index in [1.54, 1.807) is 6.07 Å². The molecule has 5 nitrogen and oxygen atoms in total. The summed E-state index contributed by atoms with van der Waals surface area (Å²) in [6.07, 6.45) is 5.80. The molecule has 3 N–H and O–H groups in total. The van der Waals surface area contributed by atoms with Gasteiger partial charge < -0.3 is 20.5 Å². The number of para-hydroxylation sites is 1. The van der Waals surface area contributed by atoms with E-state index in [2.05, 4.69) is 19.2 Å². The summed E-state index contributed by atoms with van der Waals surface area (Å²) in [4.78, 5) is 12.5. The van der Waals surface area contributed by atoms with Crippen LogP contribution in [-0.2, 0) is 0 Å². The van der Waals surface area contributed by atoms with Gasteiger partial charge >= 0.3 is 0 Å². The molecule has 0 bridgehead atoms. The molecule has 0 aromatic heterocycles. The first kappa shape index (κ1) is 20.3. The molecule has 0 atom stereocenters. The number of ether oxygens (including phenoxy) is 2. The van der Waals surface area contributed by atoms with E-state index in [0.29, 0.717) is 43.4 Å². The number of hydrogen-bond donors (Lipinski definition) is 2. The van der Waals surface area contributed by atoms with Crippen molar-refractivity contribution >= 4 is 5.91 Å². The van der Waals surface area contributed by atoms with Gasteiger partial charge in [-0.05, 0) is 44.4 Å². The molecule has 0 fully saturated rings. The average molecular weight is 336 g/mol. The lowest BCUT2D eigenvalue weighted by atomic mass is 10.1. The number of benzene rings is 1. The van der Waals surface area contributed by atoms with Crippen LogP contribution >= 0.6 is 0 Å². The van der Waals surface area contributed by atoms with E-state index in [-0.39, 0.29) is 5.91 Å². The van der Waals surface area contributed by atoms with Crippen LogP contribution in [0.15, 0.2) is 18.2 Å². The van der Waals surface area contributed by atoms with Gasteiger partial charge in [0.25, 0.3) is 5.91 Å². The minimum absolute atomic E-state index is 0.125. The monoisotopic (exact) mass is 336 g/mol. The second kappa shape index (κ2) is 12.6. The van der Waals surface area contributed by atoms with Crippen LogP contribution in [0, 0.1) is 0 Å². The number of carbonyl (C=O) groups is 1. The third-order valence-corrected chi connectivity index (χ3v) is 3.64. The Labute approximate surface area is 145 Å². The highest BCUT2D eigenvalue weighted by Gasteiger charge is 2.17. The van der Waals surface area contributed by atoms with Gasteiger partial charge in [0.1, 0.15) is 0 Å². The fourth-order valence-corrected chi connectivity index (χ4v) is 2.17. The van der Waals surface area contributed by atoms with E-state index >= 15 is 0 Å². The molecule has 5 heteroatoms. The zero-order chi connectivity index (χ0) is 17.6. The standard InChI is InChI=1S/C19H32N2O3/c1-3-5-14-23-17-11-9-10-16(18(17)24-15-6-4-2)19(22)21-13-8-7-12-20/h9-11H,3-8,12-15,20H2,1-2H3,(H,21,22). The molecule has 24 heavy (non-hydrogen) atoms. The summed E-state index contributed by atoms with van der Waals surface area (Å²) in [7, 11) is 0. The number of nitrogens with one attached hydrogen (secondary N) is 1. The van der Waals surface area contributed by atoms with Crippen molar-refractivity contribution in [3.8, 4) is 11.5 Å². The van der Waals surface area contributed by atoms with E-state index in [1.807, 2.05) is 12.1 Å². The first-order valence-electron chi connectivity index (χ1n) is 9.11. The Morgan fingerprint density at radius 1 is 1.04 bits per heavy atom. The average Bonchev–Trinajstić information content (AvgIpc) is 2.60. The lowest BCUT2D eigenvalue weighted by Gasteiger charge is -2.16. The fourth-order valence-electron chi connectivity index (χ4n) is 2.17. The first-order chi connectivity index (χ1) is 11.7. The van der Waals surface area contributed by atoms with Gasteiger partial charge in [0.2, 0.25) is 0 Å². The van der Waals surface area contributed by atoms with Gasteiger partial charge in [0.05, 0.1) is 18.8 Å². The Balaban J connectivity index is 2.82. The Bertz CT molecular complexity index is 478. The number of rotatable bonds is 13. The summed E-state index contributed by atoms with van der Waals surface area (Å²) in [6, 6.07) is 5.48. The summed E-state index contributed by atoms with van der Waals surface area (Å²) in [6.45, 7) is 6.69. The highest BCUT2D eigenvalue weighted by Crippen LogP contribution is 2.32. The lowest BCUT2D eigenvalue weighted by Crippen LogP contribution is -2.25. The zero-order valence-corrected chi connectivity index (χ0v) is 15.1. The first-order valence-corrected chi connectivity index (χ1v) is 9.11. The van der Waals surface area contributed by atoms with E-state index in [9.17, 15) is 4.79 Å². The normalized spacial score (nSPS) is 10.5. The molecular weight excluding hydrogens is 304 g/mol. The minimum atomic E-state index is -0.125. The van der Waals surface area contributed by atoms with Crippen LogP contribution in [-0.4, -0.2) is 32.2 Å². The van der Waals surface area contributed by atoms with Crippen molar-refractivity contribution in [1.82, 2.24) is 5.32 Å². The predicted molar refractivity (Wildman–Crippen MR) is 97.9 cm³/mol. The highest BCUT2D eigenvalue weighted by molar-refractivity contribution is 5.97. The quantitative estimate of drug-likeness (QED) is 0.541. The number of unbranched alkanes of at least 4 members (excludes halogenated alkanes) is 3. The van der Waals surface area contributed by atoms with Crippen molar-refractivity contribution in [1.29, 1.82) is 0 Å².